The molecule has 0 bridgehead atoms. The van der Waals surface area contributed by atoms with Crippen molar-refractivity contribution in [3.8, 4) is 0 Å². The molecule has 0 aliphatic carbocycles. The second-order valence-electron chi connectivity index (χ2n) is 3.89. The molecule has 0 aromatic carbocycles. The van der Waals surface area contributed by atoms with Gasteiger partial charge in [0.05, 0.1) is 12.2 Å². The van der Waals surface area contributed by atoms with Crippen LogP contribution in [-0.2, 0) is 14.3 Å². The van der Waals surface area contributed by atoms with Gasteiger partial charge in [0.1, 0.15) is 0 Å². The number of esters is 1. The first-order valence-electron chi connectivity index (χ1n) is 3.93. The summed E-state index contributed by atoms with van der Waals surface area (Å²) < 4.78 is 10.4. The number of hydrogen-bond acceptors (Lipinski definition) is 3. The van der Waals surface area contributed by atoms with E-state index in [1.807, 2.05) is 13.8 Å². The number of carbonyl (C=O) groups excluding carboxylic acids is 1. The van der Waals surface area contributed by atoms with Gasteiger partial charge in [-0.1, -0.05) is 0 Å². The molecule has 3 heteroatoms. The molecule has 2 unspecified atom stereocenters. The van der Waals surface area contributed by atoms with Gasteiger partial charge in [0.15, 0.2) is 6.10 Å². The molecule has 2 rings (SSSR count). The Kier molecular flexibility index (Phi) is 1.27. The highest BCUT2D eigenvalue weighted by molar-refractivity contribution is 5.77. The molecule has 0 aromatic heterocycles. The van der Waals surface area contributed by atoms with Crippen LogP contribution < -0.4 is 0 Å². The molecule has 0 N–H and O–H groups in total. The van der Waals surface area contributed by atoms with Gasteiger partial charge >= 0.3 is 5.97 Å². The summed E-state index contributed by atoms with van der Waals surface area (Å²) >= 11 is 0. The van der Waals surface area contributed by atoms with Gasteiger partial charge in [0.2, 0.25) is 0 Å². The van der Waals surface area contributed by atoms with Crippen molar-refractivity contribution < 1.29 is 14.3 Å². The molecule has 0 radical (unpaired) electrons. The van der Waals surface area contributed by atoms with Crippen LogP contribution in [0.5, 0.6) is 0 Å². The third-order valence-corrected chi connectivity index (χ3v) is 2.30. The molecule has 0 saturated carbocycles. The topological polar surface area (TPSA) is 35.5 Å². The molecule has 62 valence electrons. The summed E-state index contributed by atoms with van der Waals surface area (Å²) in [6.45, 7) is 4.57. The average molecular weight is 156 g/mol. The minimum absolute atomic E-state index is 0.130. The van der Waals surface area contributed by atoms with Crippen molar-refractivity contribution >= 4 is 5.97 Å². The van der Waals surface area contributed by atoms with E-state index in [0.717, 1.165) is 6.42 Å². The number of carbonyl (C=O) groups is 1. The monoisotopic (exact) mass is 156 g/mol. The number of rotatable bonds is 0. The number of cyclic esters (lactones) is 1. The maximum atomic E-state index is 11.0. The molecule has 0 spiro atoms. The zero-order chi connectivity index (χ0) is 8.06. The molecular weight excluding hydrogens is 144 g/mol. The quantitative estimate of drug-likeness (QED) is 0.485. The van der Waals surface area contributed by atoms with E-state index in [1.54, 1.807) is 0 Å². The maximum absolute atomic E-state index is 11.0. The van der Waals surface area contributed by atoms with Gasteiger partial charge in [-0.15, -0.1) is 0 Å². The molecular formula is C8H12O3. The first-order valence-corrected chi connectivity index (χ1v) is 3.93. The zero-order valence-electron chi connectivity index (χ0n) is 6.79. The summed E-state index contributed by atoms with van der Waals surface area (Å²) in [5.41, 5.74) is -0.130. The Labute approximate surface area is 65.7 Å². The largest absolute Gasteiger partial charge is 0.463 e. The fourth-order valence-corrected chi connectivity index (χ4v) is 1.88. The molecule has 0 aromatic rings. The van der Waals surface area contributed by atoms with Crippen LogP contribution in [0, 0.1) is 5.92 Å². The minimum Gasteiger partial charge on any atom is -0.463 e. The summed E-state index contributed by atoms with van der Waals surface area (Å²) in [7, 11) is 0. The van der Waals surface area contributed by atoms with Gasteiger partial charge in [-0.05, 0) is 20.3 Å². The van der Waals surface area contributed by atoms with E-state index in [4.69, 9.17) is 9.47 Å². The van der Waals surface area contributed by atoms with Crippen LogP contribution in [0.2, 0.25) is 0 Å². The molecule has 2 aliphatic rings. The highest BCUT2D eigenvalue weighted by Crippen LogP contribution is 2.38. The summed E-state index contributed by atoms with van der Waals surface area (Å²) in [5.74, 6) is 0.123. The van der Waals surface area contributed by atoms with E-state index in [1.165, 1.54) is 0 Å². The molecule has 2 aliphatic heterocycles. The Morgan fingerprint density at radius 2 is 2.27 bits per heavy atom. The third-order valence-electron chi connectivity index (χ3n) is 2.30. The Hall–Kier alpha value is -0.570. The molecule has 3 nitrogen and oxygen atoms in total. The van der Waals surface area contributed by atoms with Gasteiger partial charge in [-0.25, -0.2) is 4.79 Å². The first kappa shape index (κ1) is 7.10. The van der Waals surface area contributed by atoms with Crippen LogP contribution in [0.3, 0.4) is 0 Å². The van der Waals surface area contributed by atoms with Crippen molar-refractivity contribution in [2.45, 2.75) is 32.0 Å². The second-order valence-corrected chi connectivity index (χ2v) is 3.89. The molecule has 2 heterocycles. The lowest BCUT2D eigenvalue weighted by atomic mass is 9.96. The lowest BCUT2D eigenvalue weighted by molar-refractivity contribution is -0.151. The van der Waals surface area contributed by atoms with E-state index in [9.17, 15) is 4.79 Å². The number of ether oxygens (including phenoxy) is 2. The van der Waals surface area contributed by atoms with E-state index in [-0.39, 0.29) is 17.7 Å². The normalized spacial score (nSPS) is 40.4. The lowest BCUT2D eigenvalue weighted by Gasteiger charge is -2.17. The lowest BCUT2D eigenvalue weighted by Crippen LogP contribution is -2.24. The van der Waals surface area contributed by atoms with E-state index in [2.05, 4.69) is 0 Å². The predicted molar refractivity (Wildman–Crippen MR) is 38.0 cm³/mol. The van der Waals surface area contributed by atoms with Crippen molar-refractivity contribution in [2.24, 2.45) is 5.92 Å². The van der Waals surface area contributed by atoms with Crippen LogP contribution in [-0.4, -0.2) is 24.3 Å². The summed E-state index contributed by atoms with van der Waals surface area (Å²) in [6, 6.07) is 0. The van der Waals surface area contributed by atoms with Gasteiger partial charge in [-0.2, -0.15) is 0 Å². The SMILES string of the molecule is CC1(C)CC2COC(=O)C2O1. The van der Waals surface area contributed by atoms with Crippen molar-refractivity contribution in [2.75, 3.05) is 6.61 Å². The Bertz CT molecular complexity index is 198. The predicted octanol–water partition coefficient (Wildman–Crippen LogP) is 0.727. The fourth-order valence-electron chi connectivity index (χ4n) is 1.88. The van der Waals surface area contributed by atoms with Crippen LogP contribution in [0.1, 0.15) is 20.3 Å². The summed E-state index contributed by atoms with van der Waals surface area (Å²) in [6.07, 6.45) is 0.661. The molecule has 2 atom stereocenters. The fraction of sp³-hybridized carbons (Fsp3) is 0.875. The van der Waals surface area contributed by atoms with E-state index < -0.39 is 0 Å². The van der Waals surface area contributed by atoms with Crippen LogP contribution in [0.15, 0.2) is 0 Å². The number of hydrogen-bond donors (Lipinski definition) is 0. The van der Waals surface area contributed by atoms with Crippen molar-refractivity contribution in [3.63, 3.8) is 0 Å². The average Bonchev–Trinajstić information content (AvgIpc) is 2.31. The summed E-state index contributed by atoms with van der Waals surface area (Å²) in [4.78, 5) is 11.0. The maximum Gasteiger partial charge on any atom is 0.335 e. The zero-order valence-corrected chi connectivity index (χ0v) is 6.79. The van der Waals surface area contributed by atoms with Crippen LogP contribution >= 0.6 is 0 Å². The minimum atomic E-state index is -0.273. The van der Waals surface area contributed by atoms with Crippen molar-refractivity contribution in [3.05, 3.63) is 0 Å². The third kappa shape index (κ3) is 1.03. The van der Waals surface area contributed by atoms with Gasteiger partial charge < -0.3 is 9.47 Å². The van der Waals surface area contributed by atoms with Crippen LogP contribution in [0.25, 0.3) is 0 Å². The molecule has 2 saturated heterocycles. The van der Waals surface area contributed by atoms with E-state index in [0.29, 0.717) is 12.5 Å². The Morgan fingerprint density at radius 3 is 2.91 bits per heavy atom. The first-order chi connectivity index (χ1) is 5.08. The van der Waals surface area contributed by atoms with Gasteiger partial charge in [0.25, 0.3) is 0 Å². The Balaban J connectivity index is 2.16. The molecule has 0 amide bonds. The Morgan fingerprint density at radius 1 is 1.55 bits per heavy atom. The molecule has 2 fully saturated rings. The molecule has 11 heavy (non-hydrogen) atoms. The van der Waals surface area contributed by atoms with Crippen LogP contribution in [0.4, 0.5) is 0 Å². The highest BCUT2D eigenvalue weighted by atomic mass is 16.6. The van der Waals surface area contributed by atoms with Gasteiger partial charge in [0, 0.05) is 5.92 Å². The highest BCUT2D eigenvalue weighted by Gasteiger charge is 2.49. The number of fused-ring (bicyclic) bond motifs is 1. The van der Waals surface area contributed by atoms with E-state index >= 15 is 0 Å². The second kappa shape index (κ2) is 1.97. The van der Waals surface area contributed by atoms with Crippen molar-refractivity contribution in [1.29, 1.82) is 0 Å². The van der Waals surface area contributed by atoms with Gasteiger partial charge in [-0.3, -0.25) is 0 Å². The summed E-state index contributed by atoms with van der Waals surface area (Å²) in [5, 5.41) is 0. The smallest absolute Gasteiger partial charge is 0.335 e. The standard InChI is InChI=1S/C8H12O3/c1-8(2)3-5-4-10-7(9)6(5)11-8/h5-6H,3-4H2,1-2H3. The van der Waals surface area contributed by atoms with Crippen molar-refractivity contribution in [1.82, 2.24) is 0 Å².